The number of nitrogens with zero attached hydrogens (tertiary/aromatic N) is 1. The SMILES string of the molecule is C=C(c1ccc(C(=O)OCC)cc1)c1ccccc1N(N)Cc1ccccc1. The summed E-state index contributed by atoms with van der Waals surface area (Å²) in [6.45, 7) is 6.99. The molecule has 0 fully saturated rings. The third-order valence-electron chi connectivity index (χ3n) is 4.48. The Morgan fingerprint density at radius 3 is 2.21 bits per heavy atom. The van der Waals surface area contributed by atoms with Crippen LogP contribution in [-0.4, -0.2) is 12.6 Å². The summed E-state index contributed by atoms with van der Waals surface area (Å²) < 4.78 is 5.04. The molecule has 0 amide bonds. The van der Waals surface area contributed by atoms with Gasteiger partial charge in [0.25, 0.3) is 0 Å². The van der Waals surface area contributed by atoms with Crippen molar-refractivity contribution in [3.63, 3.8) is 0 Å². The molecule has 28 heavy (non-hydrogen) atoms. The molecule has 0 heterocycles. The fourth-order valence-corrected chi connectivity index (χ4v) is 3.02. The van der Waals surface area contributed by atoms with Crippen LogP contribution in [0.3, 0.4) is 0 Å². The van der Waals surface area contributed by atoms with E-state index >= 15 is 0 Å². The van der Waals surface area contributed by atoms with Gasteiger partial charge in [-0.15, -0.1) is 0 Å². The second-order valence-corrected chi connectivity index (χ2v) is 6.41. The maximum absolute atomic E-state index is 11.8. The van der Waals surface area contributed by atoms with Gasteiger partial charge in [-0.25, -0.2) is 10.6 Å². The van der Waals surface area contributed by atoms with E-state index in [-0.39, 0.29) is 5.97 Å². The number of carbonyl (C=O) groups is 1. The van der Waals surface area contributed by atoms with Crippen molar-refractivity contribution in [3.8, 4) is 0 Å². The average Bonchev–Trinajstić information content (AvgIpc) is 2.74. The van der Waals surface area contributed by atoms with E-state index in [9.17, 15) is 4.79 Å². The number of hydrogen-bond donors (Lipinski definition) is 1. The Morgan fingerprint density at radius 2 is 1.54 bits per heavy atom. The van der Waals surface area contributed by atoms with Crippen molar-refractivity contribution in [2.75, 3.05) is 11.6 Å². The first kappa shape index (κ1) is 19.4. The second kappa shape index (κ2) is 9.02. The van der Waals surface area contributed by atoms with Crippen LogP contribution in [-0.2, 0) is 11.3 Å². The number of ether oxygens (including phenoxy) is 1. The standard InChI is InChI=1S/C24H24N2O2/c1-3-28-24(27)21-15-13-20(14-16-21)18(2)22-11-7-8-12-23(22)26(25)17-19-9-5-4-6-10-19/h4-16H,2-3,17,25H2,1H3. The van der Waals surface area contributed by atoms with Gasteiger partial charge in [0.1, 0.15) is 0 Å². The van der Waals surface area contributed by atoms with Crippen molar-refractivity contribution in [1.82, 2.24) is 0 Å². The first-order valence-electron chi connectivity index (χ1n) is 9.22. The van der Waals surface area contributed by atoms with E-state index in [1.54, 1.807) is 24.1 Å². The molecule has 0 aromatic heterocycles. The lowest BCUT2D eigenvalue weighted by atomic mass is 9.97. The molecule has 3 rings (SSSR count). The summed E-state index contributed by atoms with van der Waals surface area (Å²) in [5, 5.41) is 1.73. The van der Waals surface area contributed by atoms with Gasteiger partial charge in [0.2, 0.25) is 0 Å². The Balaban J connectivity index is 1.83. The highest BCUT2D eigenvalue weighted by atomic mass is 16.5. The highest BCUT2D eigenvalue weighted by Gasteiger charge is 2.13. The minimum absolute atomic E-state index is 0.323. The predicted molar refractivity (Wildman–Crippen MR) is 114 cm³/mol. The number of carbonyl (C=O) groups excluding carboxylic acids is 1. The van der Waals surface area contributed by atoms with E-state index in [4.69, 9.17) is 10.6 Å². The monoisotopic (exact) mass is 372 g/mol. The smallest absolute Gasteiger partial charge is 0.338 e. The second-order valence-electron chi connectivity index (χ2n) is 6.41. The highest BCUT2D eigenvalue weighted by molar-refractivity contribution is 5.91. The summed E-state index contributed by atoms with van der Waals surface area (Å²) in [6, 6.07) is 25.3. The molecular formula is C24H24N2O2. The lowest BCUT2D eigenvalue weighted by Crippen LogP contribution is -2.30. The van der Waals surface area contributed by atoms with Crippen LogP contribution in [0.2, 0.25) is 0 Å². The summed E-state index contributed by atoms with van der Waals surface area (Å²) in [7, 11) is 0. The molecule has 0 radical (unpaired) electrons. The van der Waals surface area contributed by atoms with Crippen LogP contribution >= 0.6 is 0 Å². The van der Waals surface area contributed by atoms with Gasteiger partial charge < -0.3 is 9.75 Å². The van der Waals surface area contributed by atoms with Gasteiger partial charge in [-0.05, 0) is 41.8 Å². The van der Waals surface area contributed by atoms with Crippen molar-refractivity contribution in [2.24, 2.45) is 5.84 Å². The normalized spacial score (nSPS) is 10.4. The van der Waals surface area contributed by atoms with Crippen LogP contribution in [0.15, 0.2) is 85.4 Å². The zero-order valence-corrected chi connectivity index (χ0v) is 16.0. The Hall–Kier alpha value is -3.37. The molecule has 3 aromatic rings. The number of hydrazine groups is 1. The highest BCUT2D eigenvalue weighted by Crippen LogP contribution is 2.30. The van der Waals surface area contributed by atoms with Crippen molar-refractivity contribution in [1.29, 1.82) is 0 Å². The van der Waals surface area contributed by atoms with Crippen LogP contribution in [0.4, 0.5) is 5.69 Å². The molecule has 0 atom stereocenters. The molecule has 142 valence electrons. The molecule has 0 saturated carbocycles. The van der Waals surface area contributed by atoms with Crippen LogP contribution < -0.4 is 10.9 Å². The van der Waals surface area contributed by atoms with Crippen LogP contribution in [0.5, 0.6) is 0 Å². The maximum atomic E-state index is 11.8. The third kappa shape index (κ3) is 4.48. The quantitative estimate of drug-likeness (QED) is 0.367. The molecule has 0 aliphatic heterocycles. The fraction of sp³-hybridized carbons (Fsp3) is 0.125. The first-order chi connectivity index (χ1) is 13.6. The van der Waals surface area contributed by atoms with E-state index < -0.39 is 0 Å². The topological polar surface area (TPSA) is 55.6 Å². The summed E-state index contributed by atoms with van der Waals surface area (Å²) in [5.41, 5.74) is 5.26. The summed E-state index contributed by atoms with van der Waals surface area (Å²) in [6.07, 6.45) is 0. The van der Waals surface area contributed by atoms with E-state index in [2.05, 4.69) is 6.58 Å². The van der Waals surface area contributed by atoms with Gasteiger partial charge in [-0.3, -0.25) is 0 Å². The zero-order chi connectivity index (χ0) is 19.9. The summed E-state index contributed by atoms with van der Waals surface area (Å²) in [5.74, 6) is 6.05. The number of para-hydroxylation sites is 1. The van der Waals surface area contributed by atoms with E-state index in [1.807, 2.05) is 66.7 Å². The number of esters is 1. The lowest BCUT2D eigenvalue weighted by molar-refractivity contribution is 0.0526. The largest absolute Gasteiger partial charge is 0.462 e. The Morgan fingerprint density at radius 1 is 0.929 bits per heavy atom. The molecular weight excluding hydrogens is 348 g/mol. The zero-order valence-electron chi connectivity index (χ0n) is 16.0. The minimum Gasteiger partial charge on any atom is -0.462 e. The third-order valence-corrected chi connectivity index (χ3v) is 4.48. The van der Waals surface area contributed by atoms with Crippen molar-refractivity contribution in [2.45, 2.75) is 13.5 Å². The molecule has 0 bridgehead atoms. The lowest BCUT2D eigenvalue weighted by Gasteiger charge is -2.23. The van der Waals surface area contributed by atoms with E-state index in [0.717, 1.165) is 28.0 Å². The van der Waals surface area contributed by atoms with Crippen molar-refractivity contribution >= 4 is 17.2 Å². The predicted octanol–water partition coefficient (Wildman–Crippen LogP) is 4.81. The van der Waals surface area contributed by atoms with Gasteiger partial charge in [-0.1, -0.05) is 67.2 Å². The molecule has 0 unspecified atom stereocenters. The molecule has 0 saturated heterocycles. The molecule has 0 aliphatic rings. The molecule has 0 aliphatic carbocycles. The number of hydrogen-bond acceptors (Lipinski definition) is 4. The van der Waals surface area contributed by atoms with Gasteiger partial charge >= 0.3 is 5.97 Å². The van der Waals surface area contributed by atoms with Crippen molar-refractivity contribution < 1.29 is 9.53 Å². The molecule has 3 aromatic carbocycles. The van der Waals surface area contributed by atoms with Crippen molar-refractivity contribution in [3.05, 3.63) is 108 Å². The number of nitrogens with two attached hydrogens (primary N) is 1. The molecule has 4 heteroatoms. The minimum atomic E-state index is -0.323. The summed E-state index contributed by atoms with van der Waals surface area (Å²) in [4.78, 5) is 11.8. The number of rotatable bonds is 7. The fourth-order valence-electron chi connectivity index (χ4n) is 3.02. The molecule has 0 spiro atoms. The van der Waals surface area contributed by atoms with Crippen LogP contribution in [0.1, 0.15) is 34.0 Å². The van der Waals surface area contributed by atoms with Crippen LogP contribution in [0.25, 0.3) is 5.57 Å². The number of benzene rings is 3. The Labute approximate surface area is 165 Å². The maximum Gasteiger partial charge on any atom is 0.338 e. The molecule has 4 nitrogen and oxygen atoms in total. The Bertz CT molecular complexity index is 950. The van der Waals surface area contributed by atoms with Crippen LogP contribution in [0, 0.1) is 0 Å². The average molecular weight is 372 g/mol. The van der Waals surface area contributed by atoms with Gasteiger partial charge in [0.15, 0.2) is 0 Å². The van der Waals surface area contributed by atoms with Gasteiger partial charge in [0.05, 0.1) is 24.4 Å². The van der Waals surface area contributed by atoms with Gasteiger partial charge in [0, 0.05) is 5.56 Å². The van der Waals surface area contributed by atoms with E-state index in [1.165, 1.54) is 0 Å². The Kier molecular flexibility index (Phi) is 6.25. The van der Waals surface area contributed by atoms with Gasteiger partial charge in [-0.2, -0.15) is 0 Å². The first-order valence-corrected chi connectivity index (χ1v) is 9.22. The van der Waals surface area contributed by atoms with E-state index in [0.29, 0.717) is 18.7 Å². The number of anilines is 1. The molecule has 2 N–H and O–H groups in total. The summed E-state index contributed by atoms with van der Waals surface area (Å²) >= 11 is 0.